The van der Waals surface area contributed by atoms with E-state index in [-0.39, 0.29) is 11.8 Å². The highest BCUT2D eigenvalue weighted by atomic mass is 32.2. The summed E-state index contributed by atoms with van der Waals surface area (Å²) in [6, 6.07) is -0.181. The number of nitrogens with one attached hydrogen (secondary N) is 1. The molecule has 0 unspecified atom stereocenters. The van der Waals surface area contributed by atoms with E-state index in [4.69, 9.17) is 0 Å². The standard InChI is InChI=1S/C15H26N6O3S/c1-2-25(23,24)20-10-8-19(9-11-20)15(22)16-12-14-18-17-13-6-4-3-5-7-21(13)14/h2-12H2,1H3,(H,16,22). The number of hydrogen-bond donors (Lipinski definition) is 1. The molecule has 1 fully saturated rings. The van der Waals surface area contributed by atoms with Gasteiger partial charge in [0.25, 0.3) is 0 Å². The van der Waals surface area contributed by atoms with Crippen molar-refractivity contribution in [3.8, 4) is 0 Å². The van der Waals surface area contributed by atoms with E-state index in [0.717, 1.165) is 37.5 Å². The Morgan fingerprint density at radius 1 is 1.08 bits per heavy atom. The first-order valence-corrected chi connectivity index (χ1v) is 10.5. The van der Waals surface area contributed by atoms with Gasteiger partial charge in [0.1, 0.15) is 5.82 Å². The normalized spacial score (nSPS) is 19.3. The van der Waals surface area contributed by atoms with Crippen LogP contribution in [0.15, 0.2) is 0 Å². The minimum Gasteiger partial charge on any atom is -0.331 e. The third-order valence-electron chi connectivity index (χ3n) is 4.87. The molecule has 1 saturated heterocycles. The number of urea groups is 1. The molecule has 1 N–H and O–H groups in total. The molecule has 0 aliphatic carbocycles. The predicted molar refractivity (Wildman–Crippen MR) is 92.4 cm³/mol. The highest BCUT2D eigenvalue weighted by molar-refractivity contribution is 7.89. The summed E-state index contributed by atoms with van der Waals surface area (Å²) in [5.41, 5.74) is 0. The lowest BCUT2D eigenvalue weighted by atomic mass is 10.2. The largest absolute Gasteiger partial charge is 0.331 e. The van der Waals surface area contributed by atoms with E-state index in [0.29, 0.717) is 32.7 Å². The number of aryl methyl sites for hydroxylation is 1. The molecule has 1 aromatic heterocycles. The monoisotopic (exact) mass is 370 g/mol. The average molecular weight is 370 g/mol. The summed E-state index contributed by atoms with van der Waals surface area (Å²) in [5, 5.41) is 11.3. The number of aromatic nitrogens is 3. The molecule has 9 nitrogen and oxygen atoms in total. The maximum absolute atomic E-state index is 12.3. The second-order valence-corrected chi connectivity index (χ2v) is 8.70. The quantitative estimate of drug-likeness (QED) is 0.815. The molecule has 0 radical (unpaired) electrons. The third kappa shape index (κ3) is 4.12. The lowest BCUT2D eigenvalue weighted by molar-refractivity contribution is 0.171. The first kappa shape index (κ1) is 18.1. The highest BCUT2D eigenvalue weighted by Gasteiger charge is 2.27. The Labute approximate surface area is 148 Å². The van der Waals surface area contributed by atoms with Crippen LogP contribution in [0.1, 0.15) is 37.8 Å². The van der Waals surface area contributed by atoms with Crippen LogP contribution in [0.25, 0.3) is 0 Å². The fourth-order valence-electron chi connectivity index (χ4n) is 3.29. The number of carbonyl (C=O) groups excluding carboxylic acids is 1. The van der Waals surface area contributed by atoms with Crippen molar-refractivity contribution in [1.82, 2.24) is 29.3 Å². The minimum absolute atomic E-state index is 0.0944. The molecular formula is C15H26N6O3S. The van der Waals surface area contributed by atoms with Crippen molar-refractivity contribution in [2.24, 2.45) is 0 Å². The summed E-state index contributed by atoms with van der Waals surface area (Å²) in [6.45, 7) is 4.40. The Kier molecular flexibility index (Phi) is 5.57. The molecule has 10 heteroatoms. The van der Waals surface area contributed by atoms with Gasteiger partial charge in [0.05, 0.1) is 12.3 Å². The van der Waals surface area contributed by atoms with Gasteiger partial charge >= 0.3 is 6.03 Å². The number of amides is 2. The highest BCUT2D eigenvalue weighted by Crippen LogP contribution is 2.14. The van der Waals surface area contributed by atoms with Gasteiger partial charge in [0.15, 0.2) is 5.82 Å². The van der Waals surface area contributed by atoms with E-state index in [1.165, 1.54) is 10.7 Å². The number of fused-ring (bicyclic) bond motifs is 1. The molecule has 1 aromatic rings. The van der Waals surface area contributed by atoms with Crippen LogP contribution in [-0.4, -0.2) is 70.4 Å². The third-order valence-corrected chi connectivity index (χ3v) is 6.75. The number of carbonyl (C=O) groups is 1. The van der Waals surface area contributed by atoms with Crippen molar-refractivity contribution in [1.29, 1.82) is 0 Å². The van der Waals surface area contributed by atoms with E-state index < -0.39 is 10.0 Å². The maximum atomic E-state index is 12.3. The molecule has 0 bridgehead atoms. The van der Waals surface area contributed by atoms with Crippen LogP contribution in [0, 0.1) is 0 Å². The van der Waals surface area contributed by atoms with Gasteiger partial charge in [0.2, 0.25) is 10.0 Å². The zero-order valence-corrected chi connectivity index (χ0v) is 15.5. The van der Waals surface area contributed by atoms with Gasteiger partial charge in [-0.25, -0.2) is 13.2 Å². The first-order chi connectivity index (χ1) is 12.0. The van der Waals surface area contributed by atoms with Crippen molar-refractivity contribution in [2.75, 3.05) is 31.9 Å². The zero-order chi connectivity index (χ0) is 17.9. The number of hydrogen-bond acceptors (Lipinski definition) is 5. The van der Waals surface area contributed by atoms with Crippen LogP contribution in [0.4, 0.5) is 4.79 Å². The Hall–Kier alpha value is -1.68. The van der Waals surface area contributed by atoms with E-state index in [1.807, 2.05) is 0 Å². The molecule has 3 heterocycles. The molecule has 2 aliphatic rings. The number of piperazine rings is 1. The molecule has 0 saturated carbocycles. The lowest BCUT2D eigenvalue weighted by Gasteiger charge is -2.33. The second-order valence-electron chi connectivity index (χ2n) is 6.44. The smallest absolute Gasteiger partial charge is 0.317 e. The zero-order valence-electron chi connectivity index (χ0n) is 14.6. The fourth-order valence-corrected chi connectivity index (χ4v) is 4.38. The molecule has 2 aliphatic heterocycles. The van der Waals surface area contributed by atoms with Crippen molar-refractivity contribution >= 4 is 16.1 Å². The summed E-state index contributed by atoms with van der Waals surface area (Å²) in [5.74, 6) is 1.88. The fraction of sp³-hybridized carbons (Fsp3) is 0.800. The molecule has 0 spiro atoms. The van der Waals surface area contributed by atoms with E-state index in [2.05, 4.69) is 20.1 Å². The molecule has 0 atom stereocenters. The molecule has 140 valence electrons. The van der Waals surface area contributed by atoms with Gasteiger partial charge in [-0.3, -0.25) is 0 Å². The maximum Gasteiger partial charge on any atom is 0.317 e. The van der Waals surface area contributed by atoms with Crippen LogP contribution in [-0.2, 0) is 29.5 Å². The van der Waals surface area contributed by atoms with Crippen LogP contribution in [0.5, 0.6) is 0 Å². The molecule has 2 amide bonds. The number of sulfonamides is 1. The van der Waals surface area contributed by atoms with Gasteiger partial charge in [-0.15, -0.1) is 10.2 Å². The second kappa shape index (κ2) is 7.69. The molecular weight excluding hydrogens is 344 g/mol. The Balaban J connectivity index is 1.52. The van der Waals surface area contributed by atoms with Gasteiger partial charge in [0, 0.05) is 39.1 Å². The summed E-state index contributed by atoms with van der Waals surface area (Å²) in [7, 11) is -3.18. The van der Waals surface area contributed by atoms with E-state index >= 15 is 0 Å². The average Bonchev–Trinajstić information content (AvgIpc) is 2.86. The summed E-state index contributed by atoms with van der Waals surface area (Å²) in [4.78, 5) is 14.0. The summed E-state index contributed by atoms with van der Waals surface area (Å²) < 4.78 is 27.3. The predicted octanol–water partition coefficient (Wildman–Crippen LogP) is 0.181. The van der Waals surface area contributed by atoms with Crippen LogP contribution >= 0.6 is 0 Å². The van der Waals surface area contributed by atoms with Crippen molar-refractivity contribution in [2.45, 2.75) is 45.7 Å². The molecule has 3 rings (SSSR count). The van der Waals surface area contributed by atoms with Crippen LogP contribution in [0.3, 0.4) is 0 Å². The van der Waals surface area contributed by atoms with Gasteiger partial charge in [-0.05, 0) is 19.8 Å². The Bertz CT molecular complexity index is 709. The van der Waals surface area contributed by atoms with Crippen molar-refractivity contribution in [3.63, 3.8) is 0 Å². The first-order valence-electron chi connectivity index (χ1n) is 8.93. The van der Waals surface area contributed by atoms with Crippen molar-refractivity contribution < 1.29 is 13.2 Å². The van der Waals surface area contributed by atoms with Gasteiger partial charge in [-0.1, -0.05) is 6.42 Å². The van der Waals surface area contributed by atoms with Gasteiger partial charge < -0.3 is 14.8 Å². The van der Waals surface area contributed by atoms with Crippen LogP contribution in [0.2, 0.25) is 0 Å². The van der Waals surface area contributed by atoms with E-state index in [1.54, 1.807) is 11.8 Å². The number of nitrogens with zero attached hydrogens (tertiary/aromatic N) is 5. The SMILES string of the molecule is CCS(=O)(=O)N1CCN(C(=O)NCc2nnc3n2CCCCC3)CC1. The number of rotatable bonds is 4. The summed E-state index contributed by atoms with van der Waals surface area (Å²) in [6.07, 6.45) is 4.38. The lowest BCUT2D eigenvalue weighted by Crippen LogP contribution is -2.53. The molecule has 25 heavy (non-hydrogen) atoms. The Morgan fingerprint density at radius 3 is 2.56 bits per heavy atom. The molecule has 0 aromatic carbocycles. The van der Waals surface area contributed by atoms with Gasteiger partial charge in [-0.2, -0.15) is 4.31 Å². The van der Waals surface area contributed by atoms with E-state index in [9.17, 15) is 13.2 Å². The van der Waals surface area contributed by atoms with Crippen LogP contribution < -0.4 is 5.32 Å². The minimum atomic E-state index is -3.18. The van der Waals surface area contributed by atoms with Crippen molar-refractivity contribution in [3.05, 3.63) is 11.6 Å². The topological polar surface area (TPSA) is 100 Å². The summed E-state index contributed by atoms with van der Waals surface area (Å²) >= 11 is 0. The Morgan fingerprint density at radius 2 is 1.84 bits per heavy atom.